The van der Waals surface area contributed by atoms with Crippen molar-refractivity contribution in [1.29, 1.82) is 0 Å². The van der Waals surface area contributed by atoms with Crippen LogP contribution in [0, 0.1) is 0 Å². The van der Waals surface area contributed by atoms with E-state index in [2.05, 4.69) is 13.5 Å². The van der Waals surface area contributed by atoms with Crippen molar-refractivity contribution in [1.82, 2.24) is 0 Å². The maximum Gasteiger partial charge on any atom is 0.273 e. The molecule has 0 rings (SSSR count). The SMILES string of the molecule is C=C(OCCCCCCCCCCCCCCCCC)OC(C)O. The molecule has 3 nitrogen and oxygen atoms in total. The average molecular weight is 343 g/mol. The molecule has 3 heteroatoms. The van der Waals surface area contributed by atoms with E-state index in [0.29, 0.717) is 6.61 Å². The lowest BCUT2D eigenvalue weighted by Gasteiger charge is -2.12. The molecule has 1 unspecified atom stereocenters. The molecule has 0 aromatic rings. The first-order chi connectivity index (χ1) is 11.7. The van der Waals surface area contributed by atoms with Gasteiger partial charge in [-0.1, -0.05) is 96.8 Å². The Morgan fingerprint density at radius 3 is 1.50 bits per heavy atom. The molecule has 1 N–H and O–H groups in total. The van der Waals surface area contributed by atoms with E-state index in [9.17, 15) is 0 Å². The van der Waals surface area contributed by atoms with Crippen LogP contribution in [-0.4, -0.2) is 18.0 Å². The molecule has 144 valence electrons. The summed E-state index contributed by atoms with van der Waals surface area (Å²) in [6.07, 6.45) is 19.5. The smallest absolute Gasteiger partial charge is 0.273 e. The van der Waals surface area contributed by atoms with E-state index in [-0.39, 0.29) is 5.95 Å². The summed E-state index contributed by atoms with van der Waals surface area (Å²) in [5, 5.41) is 8.99. The zero-order valence-electron chi connectivity index (χ0n) is 16.4. The first-order valence-electron chi connectivity index (χ1n) is 10.3. The van der Waals surface area contributed by atoms with E-state index >= 15 is 0 Å². The van der Waals surface area contributed by atoms with Gasteiger partial charge in [-0.3, -0.25) is 0 Å². The fraction of sp³-hybridized carbons (Fsp3) is 0.905. The summed E-state index contributed by atoms with van der Waals surface area (Å²) in [6, 6.07) is 0. The summed E-state index contributed by atoms with van der Waals surface area (Å²) in [4.78, 5) is 0. The van der Waals surface area contributed by atoms with Gasteiger partial charge in [-0.25, -0.2) is 0 Å². The van der Waals surface area contributed by atoms with Gasteiger partial charge in [0.15, 0.2) is 6.29 Å². The van der Waals surface area contributed by atoms with Crippen molar-refractivity contribution in [2.24, 2.45) is 0 Å². The fourth-order valence-electron chi connectivity index (χ4n) is 2.88. The lowest BCUT2D eigenvalue weighted by atomic mass is 10.0. The fourth-order valence-corrected chi connectivity index (χ4v) is 2.88. The quantitative estimate of drug-likeness (QED) is 0.161. The first-order valence-corrected chi connectivity index (χ1v) is 10.3. The zero-order chi connectivity index (χ0) is 17.9. The normalized spacial score (nSPS) is 12.1. The number of hydrogen-bond donors (Lipinski definition) is 1. The summed E-state index contributed by atoms with van der Waals surface area (Å²) in [5.41, 5.74) is 0. The molecule has 0 aliphatic rings. The molecule has 24 heavy (non-hydrogen) atoms. The summed E-state index contributed by atoms with van der Waals surface area (Å²) in [6.45, 7) is 8.05. The zero-order valence-corrected chi connectivity index (χ0v) is 16.4. The van der Waals surface area contributed by atoms with Crippen LogP contribution in [0.25, 0.3) is 0 Å². The Labute approximate surface area is 150 Å². The van der Waals surface area contributed by atoms with E-state index in [1.165, 1.54) is 89.9 Å². The molecule has 0 heterocycles. The molecule has 0 aromatic heterocycles. The standard InChI is InChI=1S/C21H42O3/c1-4-5-6-7-8-9-10-11-12-13-14-15-16-17-18-19-23-21(3)24-20(2)22/h20,22H,3-19H2,1-2H3. The molecule has 0 fully saturated rings. The summed E-state index contributed by atoms with van der Waals surface area (Å²) in [7, 11) is 0. The Morgan fingerprint density at radius 2 is 1.12 bits per heavy atom. The van der Waals surface area contributed by atoms with Crippen LogP contribution in [0.3, 0.4) is 0 Å². The molecule has 0 radical (unpaired) electrons. The van der Waals surface area contributed by atoms with Gasteiger partial charge in [0.25, 0.3) is 5.95 Å². The number of aliphatic hydroxyl groups excluding tert-OH is 1. The molecule has 0 aliphatic carbocycles. The van der Waals surface area contributed by atoms with Gasteiger partial charge in [0.05, 0.1) is 6.61 Å². The number of aliphatic hydroxyl groups is 1. The highest BCUT2D eigenvalue weighted by Crippen LogP contribution is 2.13. The Hall–Kier alpha value is -0.700. The first kappa shape index (κ1) is 23.3. The van der Waals surface area contributed by atoms with Crippen molar-refractivity contribution < 1.29 is 14.6 Å². The average Bonchev–Trinajstić information content (AvgIpc) is 2.53. The number of hydrogen-bond acceptors (Lipinski definition) is 3. The van der Waals surface area contributed by atoms with Crippen molar-refractivity contribution in [3.05, 3.63) is 12.5 Å². The minimum atomic E-state index is -0.849. The predicted octanol–water partition coefficient (Wildman–Crippen LogP) is 6.70. The highest BCUT2D eigenvalue weighted by atomic mass is 16.7. The maximum atomic E-state index is 8.99. The third-order valence-corrected chi connectivity index (χ3v) is 4.31. The van der Waals surface area contributed by atoms with E-state index < -0.39 is 6.29 Å². The Balaban J connectivity index is 3.06. The summed E-state index contributed by atoms with van der Waals surface area (Å²) < 4.78 is 10.2. The van der Waals surface area contributed by atoms with Crippen LogP contribution >= 0.6 is 0 Å². The Bertz CT molecular complexity index is 264. The molecule has 0 saturated heterocycles. The van der Waals surface area contributed by atoms with Crippen LogP contribution in [0.2, 0.25) is 0 Å². The summed E-state index contributed by atoms with van der Waals surface area (Å²) in [5.74, 6) is 0.218. The van der Waals surface area contributed by atoms with Gasteiger partial charge in [-0.05, 0) is 19.9 Å². The topological polar surface area (TPSA) is 38.7 Å². The van der Waals surface area contributed by atoms with Crippen molar-refractivity contribution in [3.8, 4) is 0 Å². The molecular formula is C21H42O3. The van der Waals surface area contributed by atoms with Crippen LogP contribution < -0.4 is 0 Å². The second-order valence-electron chi connectivity index (χ2n) is 6.89. The van der Waals surface area contributed by atoms with E-state index in [4.69, 9.17) is 14.6 Å². The molecule has 0 aliphatic heterocycles. The summed E-state index contributed by atoms with van der Waals surface area (Å²) >= 11 is 0. The van der Waals surface area contributed by atoms with Crippen molar-refractivity contribution >= 4 is 0 Å². The Kier molecular flexibility index (Phi) is 18.1. The number of ether oxygens (including phenoxy) is 2. The van der Waals surface area contributed by atoms with Gasteiger partial charge in [0.2, 0.25) is 0 Å². The monoisotopic (exact) mass is 342 g/mol. The van der Waals surface area contributed by atoms with Gasteiger partial charge >= 0.3 is 0 Å². The third kappa shape index (κ3) is 19.3. The maximum absolute atomic E-state index is 8.99. The Morgan fingerprint density at radius 1 is 0.750 bits per heavy atom. The van der Waals surface area contributed by atoms with Gasteiger partial charge in [-0.2, -0.15) is 0 Å². The van der Waals surface area contributed by atoms with Gasteiger partial charge in [0.1, 0.15) is 0 Å². The van der Waals surface area contributed by atoms with Crippen LogP contribution in [0.1, 0.15) is 110 Å². The minimum Gasteiger partial charge on any atom is -0.466 e. The molecule has 0 bridgehead atoms. The van der Waals surface area contributed by atoms with Crippen molar-refractivity contribution in [3.63, 3.8) is 0 Å². The van der Waals surface area contributed by atoms with E-state index in [1.54, 1.807) is 6.92 Å². The molecule has 0 aromatic carbocycles. The number of rotatable bonds is 19. The van der Waals surface area contributed by atoms with Gasteiger partial charge < -0.3 is 14.6 Å². The third-order valence-electron chi connectivity index (χ3n) is 4.31. The largest absolute Gasteiger partial charge is 0.466 e. The highest BCUT2D eigenvalue weighted by molar-refractivity contribution is 4.67. The van der Waals surface area contributed by atoms with Crippen LogP contribution in [0.15, 0.2) is 12.5 Å². The second-order valence-corrected chi connectivity index (χ2v) is 6.89. The van der Waals surface area contributed by atoms with Crippen molar-refractivity contribution in [2.75, 3.05) is 6.61 Å². The minimum absolute atomic E-state index is 0.218. The van der Waals surface area contributed by atoms with Crippen molar-refractivity contribution in [2.45, 2.75) is 116 Å². The predicted molar refractivity (Wildman–Crippen MR) is 103 cm³/mol. The molecule has 0 amide bonds. The lowest BCUT2D eigenvalue weighted by molar-refractivity contribution is -0.102. The second kappa shape index (κ2) is 18.6. The van der Waals surface area contributed by atoms with Crippen LogP contribution in [-0.2, 0) is 9.47 Å². The van der Waals surface area contributed by atoms with Crippen LogP contribution in [0.4, 0.5) is 0 Å². The van der Waals surface area contributed by atoms with Gasteiger partial charge in [0, 0.05) is 0 Å². The van der Waals surface area contributed by atoms with E-state index in [0.717, 1.165) is 6.42 Å². The molecule has 0 saturated carbocycles. The van der Waals surface area contributed by atoms with E-state index in [1.807, 2.05) is 0 Å². The molecule has 0 spiro atoms. The van der Waals surface area contributed by atoms with Crippen LogP contribution in [0.5, 0.6) is 0 Å². The highest BCUT2D eigenvalue weighted by Gasteiger charge is 2.00. The molecular weight excluding hydrogens is 300 g/mol. The molecule has 1 atom stereocenters. The number of unbranched alkanes of at least 4 members (excludes halogenated alkanes) is 14. The lowest BCUT2D eigenvalue weighted by Crippen LogP contribution is -2.08. The van der Waals surface area contributed by atoms with Gasteiger partial charge in [-0.15, -0.1) is 0 Å².